The van der Waals surface area contributed by atoms with Gasteiger partial charge in [-0.3, -0.25) is 4.98 Å². The number of hydrogen-bond donors (Lipinski definition) is 1. The fraction of sp³-hybridized carbons (Fsp3) is 0.333. The van der Waals surface area contributed by atoms with Crippen LogP contribution in [0.1, 0.15) is 44.1 Å². The Labute approximate surface area is 184 Å². The lowest BCUT2D eigenvalue weighted by Gasteiger charge is -2.28. The first-order chi connectivity index (χ1) is 14.3. The Hall–Kier alpha value is -2.86. The fourth-order valence-electron chi connectivity index (χ4n) is 3.89. The van der Waals surface area contributed by atoms with Crippen molar-refractivity contribution in [1.82, 2.24) is 14.9 Å². The molecule has 30 heavy (non-hydrogen) atoms. The normalized spacial score (nSPS) is 19.1. The Balaban J connectivity index is 1.79. The van der Waals surface area contributed by atoms with Crippen LogP contribution in [0.5, 0.6) is 0 Å². The van der Waals surface area contributed by atoms with Gasteiger partial charge in [0.15, 0.2) is 5.11 Å². The second kappa shape index (κ2) is 7.76. The molecule has 0 amide bonds. The van der Waals surface area contributed by atoms with E-state index in [1.165, 1.54) is 5.56 Å². The molecule has 3 heterocycles. The molecule has 1 N–H and O–H groups in total. The number of aromatic nitrogens is 2. The van der Waals surface area contributed by atoms with Crippen LogP contribution in [-0.2, 0) is 5.54 Å². The third-order valence-corrected chi connectivity index (χ3v) is 5.89. The van der Waals surface area contributed by atoms with Crippen LogP contribution >= 0.6 is 12.2 Å². The predicted molar refractivity (Wildman–Crippen MR) is 128 cm³/mol. The predicted octanol–water partition coefficient (Wildman–Crippen LogP) is 4.88. The van der Waals surface area contributed by atoms with E-state index in [0.29, 0.717) is 0 Å². The molecule has 0 saturated carbocycles. The van der Waals surface area contributed by atoms with Crippen LogP contribution in [0, 0.1) is 0 Å². The van der Waals surface area contributed by atoms with Gasteiger partial charge in [-0.1, -0.05) is 6.07 Å². The molecule has 1 aliphatic heterocycles. The van der Waals surface area contributed by atoms with E-state index in [1.807, 2.05) is 32.4 Å². The molecule has 156 valence electrons. The molecule has 0 unspecified atom stereocenters. The van der Waals surface area contributed by atoms with Gasteiger partial charge < -0.3 is 19.7 Å². The molecule has 1 fully saturated rings. The largest absolute Gasteiger partial charge is 0.378 e. The summed E-state index contributed by atoms with van der Waals surface area (Å²) < 4.78 is 2.26. The molecule has 1 saturated heterocycles. The maximum Gasteiger partial charge on any atom is 0.174 e. The number of pyridine rings is 1. The van der Waals surface area contributed by atoms with E-state index in [0.717, 1.165) is 22.2 Å². The van der Waals surface area contributed by atoms with E-state index in [9.17, 15) is 0 Å². The second-order valence-electron chi connectivity index (χ2n) is 8.93. The van der Waals surface area contributed by atoms with Crippen molar-refractivity contribution in [1.29, 1.82) is 0 Å². The van der Waals surface area contributed by atoms with E-state index >= 15 is 0 Å². The van der Waals surface area contributed by atoms with Crippen molar-refractivity contribution < 1.29 is 0 Å². The molecule has 0 aliphatic carbocycles. The number of anilines is 2. The van der Waals surface area contributed by atoms with Gasteiger partial charge in [-0.15, -0.1) is 0 Å². The van der Waals surface area contributed by atoms with Gasteiger partial charge in [0, 0.05) is 49.6 Å². The molecule has 1 aliphatic rings. The summed E-state index contributed by atoms with van der Waals surface area (Å²) in [7, 11) is 4.10. The summed E-state index contributed by atoms with van der Waals surface area (Å²) in [4.78, 5) is 8.95. The zero-order valence-electron chi connectivity index (χ0n) is 18.2. The monoisotopic (exact) mass is 419 g/mol. The SMILES string of the molecule is CN(C)c1ccc(N2C(=S)N[C@@H](c3ccccn3)[C@@H]2c2ccn(C(C)(C)C)c2)cc1. The number of thiocarbonyl (C=S) groups is 1. The quantitative estimate of drug-likeness (QED) is 0.610. The molecule has 0 spiro atoms. The molecule has 2 atom stereocenters. The first-order valence-corrected chi connectivity index (χ1v) is 10.6. The first-order valence-electron chi connectivity index (χ1n) is 10.2. The first kappa shape index (κ1) is 20.4. The van der Waals surface area contributed by atoms with Gasteiger partial charge >= 0.3 is 0 Å². The summed E-state index contributed by atoms with van der Waals surface area (Å²) in [5, 5.41) is 4.25. The van der Waals surface area contributed by atoms with Crippen molar-refractivity contribution in [2.75, 3.05) is 23.9 Å². The minimum Gasteiger partial charge on any atom is -0.378 e. The minimum atomic E-state index is -0.0250. The lowest BCUT2D eigenvalue weighted by atomic mass is 9.98. The summed E-state index contributed by atoms with van der Waals surface area (Å²) in [6, 6.07) is 16.8. The van der Waals surface area contributed by atoms with Crippen LogP contribution in [0.3, 0.4) is 0 Å². The maximum absolute atomic E-state index is 5.81. The summed E-state index contributed by atoms with van der Waals surface area (Å²) in [6.45, 7) is 6.63. The van der Waals surface area contributed by atoms with Crippen molar-refractivity contribution >= 4 is 28.7 Å². The van der Waals surface area contributed by atoms with Crippen LogP contribution < -0.4 is 15.1 Å². The average molecular weight is 420 g/mol. The number of benzene rings is 1. The molecular weight excluding hydrogens is 390 g/mol. The van der Waals surface area contributed by atoms with Gasteiger partial charge in [-0.2, -0.15) is 0 Å². The smallest absolute Gasteiger partial charge is 0.174 e. The van der Waals surface area contributed by atoms with Crippen LogP contribution in [-0.4, -0.2) is 28.8 Å². The topological polar surface area (TPSA) is 36.3 Å². The van der Waals surface area contributed by atoms with Gasteiger partial charge in [0.05, 0.1) is 17.8 Å². The Morgan fingerprint density at radius 3 is 2.33 bits per heavy atom. The highest BCUT2D eigenvalue weighted by Crippen LogP contribution is 2.42. The zero-order valence-corrected chi connectivity index (χ0v) is 19.0. The van der Waals surface area contributed by atoms with Gasteiger partial charge in [0.2, 0.25) is 0 Å². The average Bonchev–Trinajstić information content (AvgIpc) is 3.33. The van der Waals surface area contributed by atoms with Crippen LogP contribution in [0.4, 0.5) is 11.4 Å². The van der Waals surface area contributed by atoms with Gasteiger partial charge in [0.1, 0.15) is 0 Å². The molecular formula is C24H29N5S. The van der Waals surface area contributed by atoms with Crippen LogP contribution in [0.15, 0.2) is 67.1 Å². The summed E-state index contributed by atoms with van der Waals surface area (Å²) in [6.07, 6.45) is 6.23. The van der Waals surface area contributed by atoms with E-state index in [1.54, 1.807) is 0 Å². The van der Waals surface area contributed by atoms with Crippen LogP contribution in [0.2, 0.25) is 0 Å². The van der Waals surface area contributed by atoms with E-state index in [2.05, 4.69) is 94.2 Å². The Morgan fingerprint density at radius 2 is 1.77 bits per heavy atom. The van der Waals surface area contributed by atoms with Gasteiger partial charge in [-0.05, 0) is 81.0 Å². The Morgan fingerprint density at radius 1 is 1.03 bits per heavy atom. The van der Waals surface area contributed by atoms with Crippen molar-refractivity contribution in [3.63, 3.8) is 0 Å². The highest BCUT2D eigenvalue weighted by Gasteiger charge is 2.41. The van der Waals surface area contributed by atoms with E-state index in [-0.39, 0.29) is 17.6 Å². The van der Waals surface area contributed by atoms with Crippen molar-refractivity contribution in [2.45, 2.75) is 38.4 Å². The molecule has 4 rings (SSSR count). The second-order valence-corrected chi connectivity index (χ2v) is 9.32. The Bertz CT molecular complexity index is 1020. The van der Waals surface area contributed by atoms with E-state index < -0.39 is 0 Å². The molecule has 5 nitrogen and oxygen atoms in total. The molecule has 3 aromatic rings. The zero-order chi connectivity index (χ0) is 21.5. The molecule has 1 aromatic carbocycles. The third kappa shape index (κ3) is 3.79. The summed E-state index contributed by atoms with van der Waals surface area (Å²) >= 11 is 5.81. The lowest BCUT2D eigenvalue weighted by Crippen LogP contribution is -2.29. The number of rotatable bonds is 4. The number of nitrogens with zero attached hydrogens (tertiary/aromatic N) is 4. The fourth-order valence-corrected chi connectivity index (χ4v) is 4.23. The minimum absolute atomic E-state index is 0.0150. The van der Waals surface area contributed by atoms with Crippen LogP contribution in [0.25, 0.3) is 0 Å². The highest BCUT2D eigenvalue weighted by atomic mass is 32.1. The number of hydrogen-bond acceptors (Lipinski definition) is 3. The van der Waals surface area contributed by atoms with Crippen molar-refractivity contribution in [3.05, 3.63) is 78.4 Å². The summed E-state index contributed by atoms with van der Waals surface area (Å²) in [5.41, 5.74) is 4.45. The van der Waals surface area contributed by atoms with Crippen molar-refractivity contribution in [3.8, 4) is 0 Å². The molecule has 6 heteroatoms. The summed E-state index contributed by atoms with van der Waals surface area (Å²) in [5.74, 6) is 0. The maximum atomic E-state index is 5.81. The molecule has 2 aromatic heterocycles. The van der Waals surface area contributed by atoms with Gasteiger partial charge in [0.25, 0.3) is 0 Å². The highest BCUT2D eigenvalue weighted by molar-refractivity contribution is 7.80. The third-order valence-electron chi connectivity index (χ3n) is 5.57. The van der Waals surface area contributed by atoms with E-state index in [4.69, 9.17) is 12.2 Å². The number of nitrogens with one attached hydrogen (secondary N) is 1. The lowest BCUT2D eigenvalue weighted by molar-refractivity contribution is 0.397. The van der Waals surface area contributed by atoms with Gasteiger partial charge in [-0.25, -0.2) is 0 Å². The van der Waals surface area contributed by atoms with Crippen molar-refractivity contribution in [2.24, 2.45) is 0 Å². The molecule has 0 bridgehead atoms. The Kier molecular flexibility index (Phi) is 5.28. The molecule has 0 radical (unpaired) electrons. The standard InChI is InChI=1S/C24H29N5S/c1-24(2,3)28-15-13-17(16-28)22-21(20-8-6-7-14-25-20)26-23(30)29(22)19-11-9-18(10-12-19)27(4)5/h6-16,21-22H,1-5H3,(H,26,30)/t21-,22-/m0/s1.